The highest BCUT2D eigenvalue weighted by atomic mass is 16.5. The Bertz CT molecular complexity index is 346. The van der Waals surface area contributed by atoms with Crippen molar-refractivity contribution in [3.63, 3.8) is 0 Å². The first-order valence-electron chi connectivity index (χ1n) is 7.02. The second kappa shape index (κ2) is 8.18. The molecule has 0 heterocycles. The lowest BCUT2D eigenvalue weighted by Crippen LogP contribution is -2.26. The highest BCUT2D eigenvalue weighted by Crippen LogP contribution is 2.14. The molecule has 0 amide bonds. The summed E-state index contributed by atoms with van der Waals surface area (Å²) in [6.07, 6.45) is 2.14. The quantitative estimate of drug-likeness (QED) is 0.671. The fourth-order valence-electron chi connectivity index (χ4n) is 1.82. The summed E-state index contributed by atoms with van der Waals surface area (Å²) in [5.74, 6) is 0.972. The molecule has 3 nitrogen and oxygen atoms in total. The Morgan fingerprint density at radius 1 is 1.05 bits per heavy atom. The fraction of sp³-hybridized carbons (Fsp3) is 0.625. The van der Waals surface area contributed by atoms with Crippen LogP contribution >= 0.6 is 0 Å². The summed E-state index contributed by atoms with van der Waals surface area (Å²) in [4.78, 5) is 4.42. The second-order valence-corrected chi connectivity index (χ2v) is 5.67. The fourth-order valence-corrected chi connectivity index (χ4v) is 1.82. The lowest BCUT2D eigenvalue weighted by atomic mass is 10.1. The van der Waals surface area contributed by atoms with Crippen LogP contribution in [-0.2, 0) is 6.42 Å². The molecular formula is C16H28N2O. The molecule has 0 aliphatic carbocycles. The molecule has 0 saturated heterocycles. The minimum Gasteiger partial charge on any atom is -0.494 e. The van der Waals surface area contributed by atoms with Crippen LogP contribution in [0, 0.1) is 0 Å². The van der Waals surface area contributed by atoms with E-state index in [4.69, 9.17) is 4.74 Å². The zero-order valence-electron chi connectivity index (χ0n) is 13.0. The Balaban J connectivity index is 2.35. The van der Waals surface area contributed by atoms with Crippen LogP contribution in [0.5, 0.6) is 5.75 Å². The van der Waals surface area contributed by atoms with Crippen molar-refractivity contribution in [2.75, 3.05) is 41.3 Å². The van der Waals surface area contributed by atoms with Gasteiger partial charge in [-0.3, -0.25) is 0 Å². The highest BCUT2D eigenvalue weighted by Gasteiger charge is 2.05. The van der Waals surface area contributed by atoms with Gasteiger partial charge in [0.15, 0.2) is 0 Å². The van der Waals surface area contributed by atoms with Gasteiger partial charge in [-0.2, -0.15) is 0 Å². The van der Waals surface area contributed by atoms with Gasteiger partial charge < -0.3 is 14.5 Å². The zero-order valence-corrected chi connectivity index (χ0v) is 13.0. The summed E-state index contributed by atoms with van der Waals surface area (Å²) in [5.41, 5.74) is 1.36. The lowest BCUT2D eigenvalue weighted by Gasteiger charge is -2.19. The monoisotopic (exact) mass is 264 g/mol. The first-order chi connectivity index (χ1) is 8.99. The van der Waals surface area contributed by atoms with Gasteiger partial charge in [0.2, 0.25) is 0 Å². The number of benzene rings is 1. The molecule has 0 aliphatic rings. The van der Waals surface area contributed by atoms with E-state index in [-0.39, 0.29) is 0 Å². The third-order valence-electron chi connectivity index (χ3n) is 3.35. The van der Waals surface area contributed by atoms with Crippen LogP contribution in [0.4, 0.5) is 0 Å². The van der Waals surface area contributed by atoms with Crippen molar-refractivity contribution in [2.45, 2.75) is 25.8 Å². The van der Waals surface area contributed by atoms with Crippen molar-refractivity contribution in [2.24, 2.45) is 0 Å². The molecule has 0 radical (unpaired) electrons. The van der Waals surface area contributed by atoms with Gasteiger partial charge in [-0.15, -0.1) is 0 Å². The lowest BCUT2D eigenvalue weighted by molar-refractivity contribution is 0.281. The SMILES string of the molecule is CC(Cc1ccc(OCCCN(C)C)cc1)N(C)C. The van der Waals surface area contributed by atoms with E-state index in [1.807, 2.05) is 0 Å². The third kappa shape index (κ3) is 6.60. The molecule has 0 saturated carbocycles. The maximum absolute atomic E-state index is 5.73. The van der Waals surface area contributed by atoms with E-state index in [2.05, 4.69) is 69.2 Å². The van der Waals surface area contributed by atoms with E-state index in [1.165, 1.54) is 5.56 Å². The number of rotatable bonds is 8. The van der Waals surface area contributed by atoms with Crippen molar-refractivity contribution in [1.29, 1.82) is 0 Å². The average Bonchev–Trinajstić information content (AvgIpc) is 2.36. The van der Waals surface area contributed by atoms with E-state index >= 15 is 0 Å². The van der Waals surface area contributed by atoms with E-state index in [0.29, 0.717) is 6.04 Å². The van der Waals surface area contributed by atoms with Gasteiger partial charge >= 0.3 is 0 Å². The summed E-state index contributed by atoms with van der Waals surface area (Å²) >= 11 is 0. The molecule has 0 fully saturated rings. The molecular weight excluding hydrogens is 236 g/mol. The molecule has 0 aromatic heterocycles. The van der Waals surface area contributed by atoms with Gasteiger partial charge in [0, 0.05) is 12.6 Å². The number of hydrogen-bond acceptors (Lipinski definition) is 3. The molecule has 0 bridgehead atoms. The van der Waals surface area contributed by atoms with E-state index in [9.17, 15) is 0 Å². The van der Waals surface area contributed by atoms with Crippen molar-refractivity contribution in [3.05, 3.63) is 29.8 Å². The average molecular weight is 264 g/mol. The maximum atomic E-state index is 5.73. The molecule has 3 heteroatoms. The number of hydrogen-bond donors (Lipinski definition) is 0. The molecule has 108 valence electrons. The normalized spacial score (nSPS) is 13.0. The van der Waals surface area contributed by atoms with Crippen LogP contribution in [0.3, 0.4) is 0 Å². The Morgan fingerprint density at radius 3 is 2.21 bits per heavy atom. The minimum absolute atomic E-state index is 0.562. The van der Waals surface area contributed by atoms with Crippen molar-refractivity contribution in [1.82, 2.24) is 9.80 Å². The first kappa shape index (κ1) is 16.0. The van der Waals surface area contributed by atoms with Gasteiger partial charge in [0.25, 0.3) is 0 Å². The van der Waals surface area contributed by atoms with Gasteiger partial charge in [0.05, 0.1) is 6.61 Å². The molecule has 1 aromatic carbocycles. The smallest absolute Gasteiger partial charge is 0.119 e. The second-order valence-electron chi connectivity index (χ2n) is 5.67. The number of nitrogens with zero attached hydrogens (tertiary/aromatic N) is 2. The maximum Gasteiger partial charge on any atom is 0.119 e. The summed E-state index contributed by atoms with van der Waals surface area (Å²) in [6, 6.07) is 9.05. The van der Waals surface area contributed by atoms with Crippen LogP contribution in [-0.4, -0.2) is 57.2 Å². The molecule has 1 rings (SSSR count). The Hall–Kier alpha value is -1.06. The minimum atomic E-state index is 0.562. The highest BCUT2D eigenvalue weighted by molar-refractivity contribution is 5.27. The topological polar surface area (TPSA) is 15.7 Å². The Morgan fingerprint density at radius 2 is 1.68 bits per heavy atom. The molecule has 0 aliphatic heterocycles. The summed E-state index contributed by atoms with van der Waals surface area (Å²) in [7, 11) is 8.40. The first-order valence-corrected chi connectivity index (χ1v) is 7.02. The Labute approximate surface area is 118 Å². The van der Waals surface area contributed by atoms with Crippen molar-refractivity contribution < 1.29 is 4.74 Å². The largest absolute Gasteiger partial charge is 0.494 e. The van der Waals surface area contributed by atoms with E-state index in [0.717, 1.165) is 31.7 Å². The van der Waals surface area contributed by atoms with Crippen molar-refractivity contribution in [3.8, 4) is 5.75 Å². The molecule has 1 aromatic rings. The standard InChI is InChI=1S/C16H28N2O/c1-14(18(4)5)13-15-7-9-16(10-8-15)19-12-6-11-17(2)3/h7-10,14H,6,11-13H2,1-5H3. The Kier molecular flexibility index (Phi) is 6.89. The summed E-state index contributed by atoms with van der Waals surface area (Å²) < 4.78 is 5.73. The van der Waals surface area contributed by atoms with E-state index in [1.54, 1.807) is 0 Å². The molecule has 1 atom stereocenters. The third-order valence-corrected chi connectivity index (χ3v) is 3.35. The number of ether oxygens (including phenoxy) is 1. The van der Waals surface area contributed by atoms with Crippen LogP contribution in [0.25, 0.3) is 0 Å². The predicted octanol–water partition coefficient (Wildman–Crippen LogP) is 2.51. The van der Waals surface area contributed by atoms with Gasteiger partial charge in [-0.05, 0) is 65.7 Å². The van der Waals surface area contributed by atoms with Gasteiger partial charge in [-0.25, -0.2) is 0 Å². The molecule has 0 spiro atoms. The van der Waals surface area contributed by atoms with Gasteiger partial charge in [-0.1, -0.05) is 12.1 Å². The van der Waals surface area contributed by atoms with Crippen LogP contribution in [0.2, 0.25) is 0 Å². The van der Waals surface area contributed by atoms with Crippen molar-refractivity contribution >= 4 is 0 Å². The number of likely N-dealkylation sites (N-methyl/N-ethyl adjacent to an activating group) is 1. The van der Waals surface area contributed by atoms with Crippen LogP contribution < -0.4 is 4.74 Å². The summed E-state index contributed by atoms with van der Waals surface area (Å²) in [6.45, 7) is 4.09. The molecule has 0 N–H and O–H groups in total. The van der Waals surface area contributed by atoms with Crippen LogP contribution in [0.1, 0.15) is 18.9 Å². The molecule has 19 heavy (non-hydrogen) atoms. The molecule has 1 unspecified atom stereocenters. The van der Waals surface area contributed by atoms with Crippen LogP contribution in [0.15, 0.2) is 24.3 Å². The van der Waals surface area contributed by atoms with E-state index < -0.39 is 0 Å². The summed E-state index contributed by atoms with van der Waals surface area (Å²) in [5, 5.41) is 0. The zero-order chi connectivity index (χ0) is 14.3. The van der Waals surface area contributed by atoms with Gasteiger partial charge in [0.1, 0.15) is 5.75 Å². The predicted molar refractivity (Wildman–Crippen MR) is 82.0 cm³/mol.